The number of rotatable bonds is 9. The predicted octanol–water partition coefficient (Wildman–Crippen LogP) is 4.22. The molecule has 0 aromatic heterocycles. The Bertz CT molecular complexity index is 660. The molecule has 1 N–H and O–H groups in total. The van der Waals surface area contributed by atoms with E-state index in [1.165, 1.54) is 11.8 Å². The van der Waals surface area contributed by atoms with Gasteiger partial charge in [0.15, 0.2) is 5.17 Å². The molecule has 1 aromatic rings. The molecule has 2 amide bonds. The predicted molar refractivity (Wildman–Crippen MR) is 110 cm³/mol. The van der Waals surface area contributed by atoms with Crippen molar-refractivity contribution in [2.24, 2.45) is 4.99 Å². The number of nitrogens with zero attached hydrogens (tertiary/aromatic N) is 2. The Morgan fingerprint density at radius 1 is 1.27 bits per heavy atom. The van der Waals surface area contributed by atoms with Gasteiger partial charge in [0.2, 0.25) is 11.8 Å². The number of aliphatic imine (C=N–C) groups is 1. The van der Waals surface area contributed by atoms with E-state index in [-0.39, 0.29) is 23.5 Å². The summed E-state index contributed by atoms with van der Waals surface area (Å²) in [6.07, 6.45) is 4.23. The molecular weight excluding hydrogens is 346 g/mol. The molecule has 142 valence electrons. The van der Waals surface area contributed by atoms with Crippen molar-refractivity contribution in [3.8, 4) is 0 Å². The van der Waals surface area contributed by atoms with Gasteiger partial charge in [-0.2, -0.15) is 0 Å². The number of anilines is 1. The van der Waals surface area contributed by atoms with Crippen LogP contribution in [0, 0.1) is 6.92 Å². The average Bonchev–Trinajstić information content (AvgIpc) is 2.88. The maximum atomic E-state index is 12.7. The van der Waals surface area contributed by atoms with Gasteiger partial charge >= 0.3 is 0 Å². The molecule has 0 aliphatic carbocycles. The minimum atomic E-state index is -0.378. The van der Waals surface area contributed by atoms with Crippen LogP contribution < -0.4 is 5.32 Å². The van der Waals surface area contributed by atoms with E-state index in [0.29, 0.717) is 6.54 Å². The zero-order valence-electron chi connectivity index (χ0n) is 16.0. The summed E-state index contributed by atoms with van der Waals surface area (Å²) < 4.78 is 0. The summed E-state index contributed by atoms with van der Waals surface area (Å²) in [6, 6.07) is 7.68. The first kappa shape index (κ1) is 20.5. The second kappa shape index (κ2) is 10.4. The van der Waals surface area contributed by atoms with Gasteiger partial charge in [-0.1, -0.05) is 50.6 Å². The minimum absolute atomic E-state index is 0.0121. The molecule has 0 bridgehead atoms. The van der Waals surface area contributed by atoms with Crippen molar-refractivity contribution in [2.45, 2.75) is 58.1 Å². The summed E-state index contributed by atoms with van der Waals surface area (Å²) in [4.78, 5) is 31.5. The summed E-state index contributed by atoms with van der Waals surface area (Å²) in [7, 11) is 0. The lowest BCUT2D eigenvalue weighted by molar-refractivity contribution is -0.128. The van der Waals surface area contributed by atoms with Gasteiger partial charge in [0.05, 0.1) is 0 Å². The normalized spacial score (nSPS) is 18.6. The van der Waals surface area contributed by atoms with Crippen LogP contribution in [0.5, 0.6) is 0 Å². The topological polar surface area (TPSA) is 61.8 Å². The maximum absolute atomic E-state index is 12.7. The molecule has 1 atom stereocenters. The van der Waals surface area contributed by atoms with Crippen molar-refractivity contribution >= 4 is 34.4 Å². The van der Waals surface area contributed by atoms with Gasteiger partial charge in [-0.15, -0.1) is 0 Å². The molecule has 26 heavy (non-hydrogen) atoms. The quantitative estimate of drug-likeness (QED) is 0.657. The SMILES string of the molecule is CCCCN=C1SC(CC(=O)Nc2cccc(C)c2)C(=O)N1CCCC. The number of hydrogen-bond acceptors (Lipinski definition) is 4. The van der Waals surface area contributed by atoms with Crippen molar-refractivity contribution in [1.82, 2.24) is 4.90 Å². The van der Waals surface area contributed by atoms with Gasteiger partial charge in [0.25, 0.3) is 0 Å². The smallest absolute Gasteiger partial charge is 0.242 e. The summed E-state index contributed by atoms with van der Waals surface area (Å²) in [5.41, 5.74) is 1.86. The lowest BCUT2D eigenvalue weighted by Crippen LogP contribution is -2.34. The van der Waals surface area contributed by atoms with E-state index in [0.717, 1.165) is 48.6 Å². The molecule has 1 aliphatic heterocycles. The Kier molecular flexibility index (Phi) is 8.16. The van der Waals surface area contributed by atoms with Crippen LogP contribution in [0.15, 0.2) is 29.3 Å². The van der Waals surface area contributed by atoms with E-state index in [1.54, 1.807) is 4.90 Å². The fraction of sp³-hybridized carbons (Fsp3) is 0.550. The molecule has 0 saturated carbocycles. The van der Waals surface area contributed by atoms with Gasteiger partial charge in [0, 0.05) is 25.2 Å². The summed E-state index contributed by atoms with van der Waals surface area (Å²) >= 11 is 1.44. The second-order valence-electron chi connectivity index (χ2n) is 6.59. The molecule has 6 heteroatoms. The first-order valence-corrected chi connectivity index (χ1v) is 10.3. The van der Waals surface area contributed by atoms with Crippen molar-refractivity contribution in [3.63, 3.8) is 0 Å². The fourth-order valence-corrected chi connectivity index (χ4v) is 3.91. The number of amidine groups is 1. The van der Waals surface area contributed by atoms with Crippen LogP contribution in [0.2, 0.25) is 0 Å². The van der Waals surface area contributed by atoms with E-state index in [1.807, 2.05) is 31.2 Å². The molecule has 5 nitrogen and oxygen atoms in total. The zero-order valence-corrected chi connectivity index (χ0v) is 16.8. The molecular formula is C20H29N3O2S. The van der Waals surface area contributed by atoms with Crippen LogP contribution in [0.3, 0.4) is 0 Å². The first-order valence-electron chi connectivity index (χ1n) is 9.44. The Morgan fingerprint density at radius 2 is 2.04 bits per heavy atom. The molecule has 1 heterocycles. The van der Waals surface area contributed by atoms with Crippen molar-refractivity contribution in [2.75, 3.05) is 18.4 Å². The lowest BCUT2D eigenvalue weighted by Gasteiger charge is -2.15. The molecule has 0 radical (unpaired) electrons. The number of unbranched alkanes of at least 4 members (excludes halogenated alkanes) is 2. The summed E-state index contributed by atoms with van der Waals surface area (Å²) in [6.45, 7) is 7.63. The fourth-order valence-electron chi connectivity index (χ4n) is 2.72. The third-order valence-corrected chi connectivity index (χ3v) is 5.40. The minimum Gasteiger partial charge on any atom is -0.326 e. The number of benzene rings is 1. The number of aryl methyl sites for hydroxylation is 1. The van der Waals surface area contributed by atoms with E-state index >= 15 is 0 Å². The van der Waals surface area contributed by atoms with Crippen LogP contribution in [0.4, 0.5) is 5.69 Å². The zero-order chi connectivity index (χ0) is 18.9. The van der Waals surface area contributed by atoms with Crippen LogP contribution in [0.1, 0.15) is 51.5 Å². The number of carbonyl (C=O) groups is 2. The largest absolute Gasteiger partial charge is 0.326 e. The highest BCUT2D eigenvalue weighted by molar-refractivity contribution is 8.15. The van der Waals surface area contributed by atoms with Crippen LogP contribution in [0.25, 0.3) is 0 Å². The number of amides is 2. The van der Waals surface area contributed by atoms with E-state index < -0.39 is 0 Å². The second-order valence-corrected chi connectivity index (χ2v) is 7.76. The van der Waals surface area contributed by atoms with E-state index in [4.69, 9.17) is 0 Å². The molecule has 0 spiro atoms. The number of carbonyl (C=O) groups excluding carboxylic acids is 2. The molecule has 1 unspecified atom stereocenters. The highest BCUT2D eigenvalue weighted by Crippen LogP contribution is 2.30. The molecule has 1 aromatic carbocycles. The monoisotopic (exact) mass is 375 g/mol. The number of thioether (sulfide) groups is 1. The van der Waals surface area contributed by atoms with Gasteiger partial charge in [0.1, 0.15) is 5.25 Å². The van der Waals surface area contributed by atoms with Crippen molar-refractivity contribution < 1.29 is 9.59 Å². The van der Waals surface area contributed by atoms with Gasteiger partial charge < -0.3 is 5.32 Å². The third kappa shape index (κ3) is 5.87. The van der Waals surface area contributed by atoms with E-state index in [2.05, 4.69) is 24.2 Å². The highest BCUT2D eigenvalue weighted by atomic mass is 32.2. The van der Waals surface area contributed by atoms with Crippen molar-refractivity contribution in [3.05, 3.63) is 29.8 Å². The molecule has 2 rings (SSSR count). The third-order valence-electron chi connectivity index (χ3n) is 4.19. The van der Waals surface area contributed by atoms with Gasteiger partial charge in [-0.3, -0.25) is 19.5 Å². The Balaban J connectivity index is 2.00. The summed E-state index contributed by atoms with van der Waals surface area (Å²) in [5, 5.41) is 3.30. The first-order chi connectivity index (χ1) is 12.5. The van der Waals surface area contributed by atoms with Crippen LogP contribution >= 0.6 is 11.8 Å². The van der Waals surface area contributed by atoms with Crippen LogP contribution in [-0.2, 0) is 9.59 Å². The highest BCUT2D eigenvalue weighted by Gasteiger charge is 2.38. The van der Waals surface area contributed by atoms with Gasteiger partial charge in [-0.05, 0) is 37.5 Å². The molecule has 1 fully saturated rings. The Morgan fingerprint density at radius 3 is 2.73 bits per heavy atom. The Hall–Kier alpha value is -1.82. The standard InChI is InChI=1S/C20H29N3O2S/c1-4-6-11-21-20-23(12-7-5-2)19(25)17(26-20)14-18(24)22-16-10-8-9-15(3)13-16/h8-10,13,17H,4-7,11-12,14H2,1-3H3,(H,22,24). The summed E-state index contributed by atoms with van der Waals surface area (Å²) in [5.74, 6) is -0.121. The Labute approximate surface area is 160 Å². The number of nitrogens with one attached hydrogen (secondary N) is 1. The van der Waals surface area contributed by atoms with Crippen LogP contribution in [-0.4, -0.2) is 40.2 Å². The number of hydrogen-bond donors (Lipinski definition) is 1. The van der Waals surface area contributed by atoms with E-state index in [9.17, 15) is 9.59 Å². The maximum Gasteiger partial charge on any atom is 0.242 e. The van der Waals surface area contributed by atoms with Crippen molar-refractivity contribution in [1.29, 1.82) is 0 Å². The molecule has 1 saturated heterocycles. The van der Waals surface area contributed by atoms with Gasteiger partial charge in [-0.25, -0.2) is 0 Å². The molecule has 1 aliphatic rings. The lowest BCUT2D eigenvalue weighted by atomic mass is 10.2. The average molecular weight is 376 g/mol.